The van der Waals surface area contributed by atoms with Gasteiger partial charge in [-0.1, -0.05) is 44.2 Å². The Hall–Kier alpha value is -2.14. The van der Waals surface area contributed by atoms with Crippen LogP contribution >= 0.6 is 0 Å². The maximum atomic E-state index is 13.3. The molecule has 2 aromatic rings. The predicted octanol–water partition coefficient (Wildman–Crippen LogP) is 2.63. The highest BCUT2D eigenvalue weighted by molar-refractivity contribution is 5.95. The highest BCUT2D eigenvalue weighted by atomic mass is 16.2. The van der Waals surface area contributed by atoms with E-state index in [9.17, 15) is 4.79 Å². The van der Waals surface area contributed by atoms with Crippen molar-refractivity contribution < 1.29 is 4.79 Å². The van der Waals surface area contributed by atoms with E-state index in [0.29, 0.717) is 11.8 Å². The smallest absolute Gasteiger partial charge is 0.232 e. The minimum atomic E-state index is 0.0670. The van der Waals surface area contributed by atoms with E-state index in [-0.39, 0.29) is 11.8 Å². The van der Waals surface area contributed by atoms with Gasteiger partial charge in [0, 0.05) is 38.8 Å². The molecule has 1 fully saturated rings. The second kappa shape index (κ2) is 6.64. The van der Waals surface area contributed by atoms with E-state index in [1.807, 2.05) is 21.7 Å². The van der Waals surface area contributed by atoms with Crippen molar-refractivity contribution in [1.29, 1.82) is 0 Å². The molecule has 1 saturated heterocycles. The second-order valence-electron chi connectivity index (χ2n) is 7.69. The highest BCUT2D eigenvalue weighted by Crippen LogP contribution is 2.30. The fourth-order valence-corrected chi connectivity index (χ4v) is 4.22. The number of carbonyl (C=O) groups excluding carboxylic acids is 1. The molecule has 2 aliphatic heterocycles. The number of aromatic nitrogens is 2. The molecule has 1 aromatic carbocycles. The molecule has 0 saturated carbocycles. The Morgan fingerprint density at radius 1 is 1.08 bits per heavy atom. The summed E-state index contributed by atoms with van der Waals surface area (Å²) in [6, 6.07) is 12.5. The molecule has 0 spiro atoms. The molecule has 0 aliphatic carbocycles. The Balaban J connectivity index is 1.48. The number of likely N-dealkylation sites (tertiary alicyclic amines) is 1. The van der Waals surface area contributed by atoms with E-state index in [2.05, 4.69) is 48.1 Å². The summed E-state index contributed by atoms with van der Waals surface area (Å²) < 4.78 is 1.97. The Kier molecular flexibility index (Phi) is 4.34. The van der Waals surface area contributed by atoms with Crippen molar-refractivity contribution >= 4 is 11.7 Å². The summed E-state index contributed by atoms with van der Waals surface area (Å²) in [7, 11) is 0. The van der Waals surface area contributed by atoms with Crippen LogP contribution in [0.3, 0.4) is 0 Å². The molecule has 2 aliphatic rings. The molecule has 3 atom stereocenters. The molecule has 4 rings (SSSR count). The van der Waals surface area contributed by atoms with E-state index in [1.54, 1.807) is 6.20 Å². The van der Waals surface area contributed by atoms with E-state index in [0.717, 1.165) is 38.5 Å². The predicted molar refractivity (Wildman–Crippen MR) is 98.1 cm³/mol. The molecule has 0 radical (unpaired) electrons. The summed E-state index contributed by atoms with van der Waals surface area (Å²) in [5, 5.41) is 4.37. The lowest BCUT2D eigenvalue weighted by Crippen LogP contribution is -2.45. The minimum Gasteiger partial charge on any atom is -0.298 e. The summed E-state index contributed by atoms with van der Waals surface area (Å²) >= 11 is 0. The number of anilines is 1. The van der Waals surface area contributed by atoms with Crippen LogP contribution < -0.4 is 4.90 Å². The molecule has 5 heteroatoms. The third kappa shape index (κ3) is 3.21. The fourth-order valence-electron chi connectivity index (χ4n) is 4.22. The lowest BCUT2D eigenvalue weighted by Gasteiger charge is -2.34. The fraction of sp³-hybridized carbons (Fsp3) is 0.500. The molecule has 132 valence electrons. The normalized spacial score (nSPS) is 26.6. The second-order valence-corrected chi connectivity index (χ2v) is 7.69. The first-order chi connectivity index (χ1) is 12.1. The van der Waals surface area contributed by atoms with Crippen LogP contribution in [0.4, 0.5) is 5.82 Å². The number of fused-ring (bicyclic) bond motifs is 1. The Morgan fingerprint density at radius 2 is 1.88 bits per heavy atom. The average Bonchev–Trinajstić information content (AvgIpc) is 3.20. The number of nitrogens with zero attached hydrogens (tertiary/aromatic N) is 4. The molecular formula is C20H26N4O. The van der Waals surface area contributed by atoms with E-state index in [1.165, 1.54) is 5.56 Å². The van der Waals surface area contributed by atoms with Crippen LogP contribution in [0, 0.1) is 17.8 Å². The first-order valence-electron chi connectivity index (χ1n) is 9.21. The standard InChI is InChI=1S/C20H26N4O/c1-15-10-23(19-8-9-21-24(19)11-15)20(25)18-14-22(12-16(18)2)13-17-6-4-3-5-7-17/h3-9,15-16,18H,10-14H2,1-2H3. The van der Waals surface area contributed by atoms with Gasteiger partial charge in [0.05, 0.1) is 12.1 Å². The van der Waals surface area contributed by atoms with Crippen LogP contribution in [0.15, 0.2) is 42.6 Å². The largest absolute Gasteiger partial charge is 0.298 e. The van der Waals surface area contributed by atoms with Crippen LogP contribution in [-0.4, -0.2) is 40.2 Å². The number of carbonyl (C=O) groups is 1. The van der Waals surface area contributed by atoms with Gasteiger partial charge >= 0.3 is 0 Å². The first-order valence-corrected chi connectivity index (χ1v) is 9.21. The van der Waals surface area contributed by atoms with E-state index in [4.69, 9.17) is 0 Å². The van der Waals surface area contributed by atoms with Gasteiger partial charge in [0.2, 0.25) is 5.91 Å². The highest BCUT2D eigenvalue weighted by Gasteiger charge is 2.39. The molecule has 0 N–H and O–H groups in total. The van der Waals surface area contributed by atoms with Gasteiger partial charge in [0.15, 0.2) is 0 Å². The van der Waals surface area contributed by atoms with Gasteiger partial charge in [-0.05, 0) is 17.4 Å². The van der Waals surface area contributed by atoms with Crippen LogP contribution in [0.2, 0.25) is 0 Å². The quantitative estimate of drug-likeness (QED) is 0.864. The van der Waals surface area contributed by atoms with Crippen molar-refractivity contribution in [2.45, 2.75) is 26.9 Å². The number of amides is 1. The van der Waals surface area contributed by atoms with Gasteiger partial charge in [-0.15, -0.1) is 0 Å². The summed E-state index contributed by atoms with van der Waals surface area (Å²) in [5.74, 6) is 2.10. The number of hydrogen-bond donors (Lipinski definition) is 0. The summed E-state index contributed by atoms with van der Waals surface area (Å²) in [6.07, 6.45) is 1.80. The van der Waals surface area contributed by atoms with Crippen LogP contribution in [-0.2, 0) is 17.9 Å². The van der Waals surface area contributed by atoms with Gasteiger partial charge in [0.25, 0.3) is 0 Å². The van der Waals surface area contributed by atoms with Crippen molar-refractivity contribution in [1.82, 2.24) is 14.7 Å². The van der Waals surface area contributed by atoms with Crippen molar-refractivity contribution in [3.05, 3.63) is 48.2 Å². The maximum Gasteiger partial charge on any atom is 0.232 e. The van der Waals surface area contributed by atoms with Crippen LogP contribution in [0.1, 0.15) is 19.4 Å². The molecular weight excluding hydrogens is 312 g/mol. The average molecular weight is 338 g/mol. The van der Waals surface area contributed by atoms with Crippen molar-refractivity contribution in [3.8, 4) is 0 Å². The number of rotatable bonds is 3. The molecule has 3 heterocycles. The molecule has 5 nitrogen and oxygen atoms in total. The van der Waals surface area contributed by atoms with E-state index >= 15 is 0 Å². The van der Waals surface area contributed by atoms with Gasteiger partial charge in [0.1, 0.15) is 5.82 Å². The zero-order valence-electron chi connectivity index (χ0n) is 15.0. The van der Waals surface area contributed by atoms with Crippen LogP contribution in [0.25, 0.3) is 0 Å². The topological polar surface area (TPSA) is 41.4 Å². The van der Waals surface area contributed by atoms with Gasteiger partial charge in [-0.25, -0.2) is 4.68 Å². The summed E-state index contributed by atoms with van der Waals surface area (Å²) in [5.41, 5.74) is 1.31. The third-order valence-electron chi connectivity index (χ3n) is 5.47. The molecule has 0 bridgehead atoms. The van der Waals surface area contributed by atoms with Crippen molar-refractivity contribution in [3.63, 3.8) is 0 Å². The molecule has 25 heavy (non-hydrogen) atoms. The Morgan fingerprint density at radius 3 is 2.68 bits per heavy atom. The Labute approximate surface area is 149 Å². The molecule has 1 amide bonds. The lowest BCUT2D eigenvalue weighted by molar-refractivity contribution is -0.123. The summed E-state index contributed by atoms with van der Waals surface area (Å²) in [6.45, 7) is 8.83. The summed E-state index contributed by atoms with van der Waals surface area (Å²) in [4.78, 5) is 17.6. The lowest BCUT2D eigenvalue weighted by atomic mass is 9.95. The minimum absolute atomic E-state index is 0.0670. The number of benzene rings is 1. The van der Waals surface area contributed by atoms with Crippen molar-refractivity contribution in [2.75, 3.05) is 24.5 Å². The monoisotopic (exact) mass is 338 g/mol. The zero-order valence-corrected chi connectivity index (χ0v) is 15.0. The number of hydrogen-bond acceptors (Lipinski definition) is 3. The van der Waals surface area contributed by atoms with E-state index < -0.39 is 0 Å². The first kappa shape index (κ1) is 16.3. The maximum absolute atomic E-state index is 13.3. The Bertz CT molecular complexity index is 741. The third-order valence-corrected chi connectivity index (χ3v) is 5.47. The van der Waals surface area contributed by atoms with Crippen molar-refractivity contribution in [2.24, 2.45) is 17.8 Å². The van der Waals surface area contributed by atoms with Gasteiger partial charge in [-0.2, -0.15) is 5.10 Å². The van der Waals surface area contributed by atoms with Gasteiger partial charge < -0.3 is 0 Å². The SMILES string of the molecule is CC1CN(C(=O)C2CN(Cc3ccccc3)CC2C)c2ccnn2C1. The molecule has 1 aromatic heterocycles. The zero-order chi connectivity index (χ0) is 17.4. The van der Waals surface area contributed by atoms with Crippen LogP contribution in [0.5, 0.6) is 0 Å². The van der Waals surface area contributed by atoms with Gasteiger partial charge in [-0.3, -0.25) is 14.6 Å². The molecule has 3 unspecified atom stereocenters.